The Labute approximate surface area is 115 Å². The summed E-state index contributed by atoms with van der Waals surface area (Å²) in [6.45, 7) is 2.02. The number of nitrogens with one attached hydrogen (secondary N) is 1. The van der Waals surface area contributed by atoms with Gasteiger partial charge in [0, 0.05) is 12.2 Å². The van der Waals surface area contributed by atoms with Gasteiger partial charge in [-0.25, -0.2) is 13.8 Å². The van der Waals surface area contributed by atoms with E-state index in [2.05, 4.69) is 10.3 Å². The highest BCUT2D eigenvalue weighted by molar-refractivity contribution is 7.99. The Balaban J connectivity index is 2.17. The summed E-state index contributed by atoms with van der Waals surface area (Å²) in [5.41, 5.74) is 1.05. The number of aromatic nitrogens is 1. The molecule has 1 heterocycles. The van der Waals surface area contributed by atoms with E-state index >= 15 is 0 Å². The molecule has 0 spiro atoms. The summed E-state index contributed by atoms with van der Waals surface area (Å²) < 4.78 is 26.5. The van der Waals surface area contributed by atoms with E-state index in [0.717, 1.165) is 29.5 Å². The Hall–Kier alpha value is -1.46. The van der Waals surface area contributed by atoms with Crippen molar-refractivity contribution >= 4 is 11.8 Å². The third kappa shape index (κ3) is 3.52. The molecule has 0 bridgehead atoms. The van der Waals surface area contributed by atoms with Crippen LogP contribution in [0.2, 0.25) is 0 Å². The van der Waals surface area contributed by atoms with Crippen molar-refractivity contribution in [1.82, 2.24) is 10.3 Å². The van der Waals surface area contributed by atoms with Crippen molar-refractivity contribution in [2.45, 2.75) is 22.9 Å². The molecule has 1 unspecified atom stereocenters. The van der Waals surface area contributed by atoms with E-state index in [1.807, 2.05) is 20.0 Å². The average Bonchev–Trinajstić information content (AvgIpc) is 2.43. The van der Waals surface area contributed by atoms with E-state index in [1.165, 1.54) is 6.07 Å². The molecule has 1 atom stereocenters. The van der Waals surface area contributed by atoms with Gasteiger partial charge in [-0.2, -0.15) is 0 Å². The first-order valence-corrected chi connectivity index (χ1v) is 6.68. The number of nitrogens with zero attached hydrogens (tertiary/aromatic N) is 1. The van der Waals surface area contributed by atoms with Gasteiger partial charge in [-0.1, -0.05) is 17.8 Å². The molecular weight excluding hydrogens is 266 g/mol. The monoisotopic (exact) mass is 280 g/mol. The van der Waals surface area contributed by atoms with Crippen molar-refractivity contribution in [2.24, 2.45) is 0 Å². The van der Waals surface area contributed by atoms with Crippen LogP contribution in [0.5, 0.6) is 0 Å². The molecule has 2 aromatic rings. The van der Waals surface area contributed by atoms with Crippen LogP contribution >= 0.6 is 11.8 Å². The van der Waals surface area contributed by atoms with Crippen molar-refractivity contribution < 1.29 is 8.78 Å². The molecule has 2 rings (SSSR count). The lowest BCUT2D eigenvalue weighted by Gasteiger charge is -2.10. The molecule has 1 aromatic heterocycles. The van der Waals surface area contributed by atoms with Crippen LogP contribution in [0.25, 0.3) is 0 Å². The van der Waals surface area contributed by atoms with Crippen LogP contribution in [0.4, 0.5) is 8.78 Å². The quantitative estimate of drug-likeness (QED) is 0.922. The molecule has 0 saturated heterocycles. The van der Waals surface area contributed by atoms with Crippen molar-refractivity contribution in [3.63, 3.8) is 0 Å². The van der Waals surface area contributed by atoms with Gasteiger partial charge in [0.25, 0.3) is 0 Å². The van der Waals surface area contributed by atoms with Crippen LogP contribution < -0.4 is 5.32 Å². The van der Waals surface area contributed by atoms with Crippen LogP contribution in [-0.2, 0) is 0 Å². The van der Waals surface area contributed by atoms with E-state index in [-0.39, 0.29) is 10.9 Å². The summed E-state index contributed by atoms with van der Waals surface area (Å²) in [5.74, 6) is -0.898. The van der Waals surface area contributed by atoms with E-state index in [4.69, 9.17) is 0 Å². The Morgan fingerprint density at radius 3 is 2.63 bits per heavy atom. The van der Waals surface area contributed by atoms with Crippen LogP contribution in [0.3, 0.4) is 0 Å². The third-order valence-corrected chi connectivity index (χ3v) is 3.78. The lowest BCUT2D eigenvalue weighted by Crippen LogP contribution is -2.12. The fourth-order valence-corrected chi connectivity index (χ4v) is 2.35. The summed E-state index contributed by atoms with van der Waals surface area (Å²) in [7, 11) is 1.87. The van der Waals surface area contributed by atoms with Gasteiger partial charge in [-0.05, 0) is 43.8 Å². The van der Waals surface area contributed by atoms with Crippen molar-refractivity contribution in [1.29, 1.82) is 0 Å². The van der Waals surface area contributed by atoms with Gasteiger partial charge in [-0.3, -0.25) is 0 Å². The highest BCUT2D eigenvalue weighted by atomic mass is 32.2. The second-order valence-corrected chi connectivity index (χ2v) is 5.18. The third-order valence-electron chi connectivity index (χ3n) is 2.80. The molecule has 2 nitrogen and oxygen atoms in total. The predicted octanol–water partition coefficient (Wildman–Crippen LogP) is 3.79. The van der Waals surface area contributed by atoms with Gasteiger partial charge in [0.05, 0.1) is 4.90 Å². The summed E-state index contributed by atoms with van der Waals surface area (Å²) in [6.07, 6.45) is 1.74. The number of hydrogen-bond acceptors (Lipinski definition) is 3. The highest BCUT2D eigenvalue weighted by Gasteiger charge is 2.08. The fourth-order valence-electron chi connectivity index (χ4n) is 1.54. The first-order chi connectivity index (χ1) is 9.10. The standard InChI is InChI=1S/C14H14F2N2S/c1-9(17-2)10-3-6-14(18-8-10)19-13-7-11(15)4-5-12(13)16/h3-9,17H,1-2H3. The van der Waals surface area contributed by atoms with Crippen LogP contribution in [-0.4, -0.2) is 12.0 Å². The van der Waals surface area contributed by atoms with Crippen molar-refractivity contribution in [2.75, 3.05) is 7.05 Å². The minimum atomic E-state index is -0.454. The molecule has 0 aliphatic heterocycles. The maximum atomic E-state index is 13.5. The molecule has 0 radical (unpaired) electrons. The van der Waals surface area contributed by atoms with E-state index in [0.29, 0.717) is 5.03 Å². The molecule has 19 heavy (non-hydrogen) atoms. The molecule has 0 aliphatic carbocycles. The zero-order valence-corrected chi connectivity index (χ0v) is 11.5. The Bertz CT molecular complexity index is 558. The van der Waals surface area contributed by atoms with Gasteiger partial charge in [0.2, 0.25) is 0 Å². The maximum absolute atomic E-state index is 13.5. The van der Waals surface area contributed by atoms with Gasteiger partial charge in [0.15, 0.2) is 0 Å². The van der Waals surface area contributed by atoms with Crippen LogP contribution in [0.1, 0.15) is 18.5 Å². The number of hydrogen-bond donors (Lipinski definition) is 1. The normalized spacial score (nSPS) is 12.4. The van der Waals surface area contributed by atoms with Crippen LogP contribution in [0.15, 0.2) is 46.5 Å². The minimum Gasteiger partial charge on any atom is -0.313 e. The summed E-state index contributed by atoms with van der Waals surface area (Å²) >= 11 is 1.11. The van der Waals surface area contributed by atoms with E-state index in [9.17, 15) is 8.78 Å². The lowest BCUT2D eigenvalue weighted by molar-refractivity contribution is 0.577. The predicted molar refractivity (Wildman–Crippen MR) is 72.2 cm³/mol. The summed E-state index contributed by atoms with van der Waals surface area (Å²) in [5, 5.41) is 3.75. The Kier molecular flexibility index (Phi) is 4.50. The average molecular weight is 280 g/mol. The zero-order valence-electron chi connectivity index (χ0n) is 10.7. The number of pyridine rings is 1. The molecule has 0 amide bonds. The molecule has 0 aliphatic rings. The van der Waals surface area contributed by atoms with Gasteiger partial charge in [0.1, 0.15) is 16.7 Å². The molecule has 0 fully saturated rings. The van der Waals surface area contributed by atoms with Crippen LogP contribution in [0, 0.1) is 11.6 Å². The SMILES string of the molecule is CNC(C)c1ccc(Sc2cc(F)ccc2F)nc1. The Morgan fingerprint density at radius 1 is 1.21 bits per heavy atom. The molecule has 1 N–H and O–H groups in total. The highest BCUT2D eigenvalue weighted by Crippen LogP contribution is 2.29. The van der Waals surface area contributed by atoms with Gasteiger partial charge >= 0.3 is 0 Å². The fraction of sp³-hybridized carbons (Fsp3) is 0.214. The van der Waals surface area contributed by atoms with Crippen molar-refractivity contribution in [3.8, 4) is 0 Å². The molecular formula is C14H14F2N2S. The zero-order chi connectivity index (χ0) is 13.8. The second kappa shape index (κ2) is 6.12. The van der Waals surface area contributed by atoms with E-state index < -0.39 is 11.6 Å². The largest absolute Gasteiger partial charge is 0.313 e. The second-order valence-electron chi connectivity index (χ2n) is 4.12. The van der Waals surface area contributed by atoms with E-state index in [1.54, 1.807) is 12.3 Å². The number of halogens is 2. The summed E-state index contributed by atoms with van der Waals surface area (Å²) in [6, 6.07) is 7.33. The number of rotatable bonds is 4. The molecule has 100 valence electrons. The minimum absolute atomic E-state index is 0.206. The first kappa shape index (κ1) is 14.0. The number of benzene rings is 1. The smallest absolute Gasteiger partial charge is 0.137 e. The molecule has 5 heteroatoms. The first-order valence-electron chi connectivity index (χ1n) is 5.86. The molecule has 0 saturated carbocycles. The molecule has 1 aromatic carbocycles. The maximum Gasteiger partial charge on any atom is 0.137 e. The Morgan fingerprint density at radius 2 is 2.00 bits per heavy atom. The topological polar surface area (TPSA) is 24.9 Å². The lowest BCUT2D eigenvalue weighted by atomic mass is 10.1. The van der Waals surface area contributed by atoms with Gasteiger partial charge < -0.3 is 5.32 Å². The summed E-state index contributed by atoms with van der Waals surface area (Å²) in [4.78, 5) is 4.49. The van der Waals surface area contributed by atoms with Crippen molar-refractivity contribution in [3.05, 3.63) is 53.7 Å². The van der Waals surface area contributed by atoms with Gasteiger partial charge in [-0.15, -0.1) is 0 Å².